The number of ketones is 1. The first-order chi connectivity index (χ1) is 9.20. The molecule has 2 N–H and O–H groups in total. The van der Waals surface area contributed by atoms with Gasteiger partial charge in [-0.15, -0.1) is 0 Å². The summed E-state index contributed by atoms with van der Waals surface area (Å²) < 4.78 is 5.38. The van der Waals surface area contributed by atoms with E-state index in [4.69, 9.17) is 9.84 Å². The maximum Gasteiger partial charge on any atom is 0.161 e. The van der Waals surface area contributed by atoms with Crippen molar-refractivity contribution in [2.24, 2.45) is 5.92 Å². The molecule has 104 valence electrons. The molecule has 19 heavy (non-hydrogen) atoms. The van der Waals surface area contributed by atoms with Gasteiger partial charge in [-0.3, -0.25) is 4.79 Å². The van der Waals surface area contributed by atoms with Crippen LogP contribution in [0.2, 0.25) is 0 Å². The Bertz CT molecular complexity index is 438. The standard InChI is InChI=1S/C15H20O4/c16-7-2-8-19-15-10-11(5-6-13(15)17)9-14(18)12-3-1-4-12/h5-6,10,12,16-17H,1-4,7-9H2. The predicted octanol–water partition coefficient (Wildman–Crippen LogP) is 2.07. The van der Waals surface area contributed by atoms with Crippen LogP contribution in [0.4, 0.5) is 0 Å². The molecule has 0 aliphatic heterocycles. The van der Waals surface area contributed by atoms with Crippen molar-refractivity contribution in [2.45, 2.75) is 32.1 Å². The zero-order valence-electron chi connectivity index (χ0n) is 11.0. The van der Waals surface area contributed by atoms with Crippen molar-refractivity contribution in [1.82, 2.24) is 0 Å². The molecule has 4 heteroatoms. The summed E-state index contributed by atoms with van der Waals surface area (Å²) in [6.07, 6.45) is 4.10. The summed E-state index contributed by atoms with van der Waals surface area (Å²) in [7, 11) is 0. The third kappa shape index (κ3) is 3.70. The normalized spacial score (nSPS) is 15.0. The topological polar surface area (TPSA) is 66.8 Å². The highest BCUT2D eigenvalue weighted by molar-refractivity contribution is 5.84. The number of phenols is 1. The lowest BCUT2D eigenvalue weighted by Crippen LogP contribution is -2.23. The van der Waals surface area contributed by atoms with Crippen LogP contribution in [0.15, 0.2) is 18.2 Å². The number of carbonyl (C=O) groups excluding carboxylic acids is 1. The van der Waals surface area contributed by atoms with Crippen molar-refractivity contribution < 1.29 is 19.7 Å². The van der Waals surface area contributed by atoms with Crippen molar-refractivity contribution in [2.75, 3.05) is 13.2 Å². The van der Waals surface area contributed by atoms with Crippen molar-refractivity contribution >= 4 is 5.78 Å². The van der Waals surface area contributed by atoms with E-state index in [1.165, 1.54) is 0 Å². The largest absolute Gasteiger partial charge is 0.504 e. The molecule has 1 aliphatic carbocycles. The van der Waals surface area contributed by atoms with Gasteiger partial charge in [-0.1, -0.05) is 12.5 Å². The van der Waals surface area contributed by atoms with E-state index in [9.17, 15) is 9.90 Å². The Hall–Kier alpha value is -1.55. The number of Topliss-reactive ketones (excluding diaryl/α,β-unsaturated/α-hetero) is 1. The zero-order chi connectivity index (χ0) is 13.7. The lowest BCUT2D eigenvalue weighted by atomic mass is 9.80. The van der Waals surface area contributed by atoms with Crippen LogP contribution in [0.3, 0.4) is 0 Å². The van der Waals surface area contributed by atoms with Gasteiger partial charge >= 0.3 is 0 Å². The van der Waals surface area contributed by atoms with Gasteiger partial charge in [0.15, 0.2) is 11.5 Å². The maximum atomic E-state index is 11.9. The Morgan fingerprint density at radius 3 is 2.79 bits per heavy atom. The lowest BCUT2D eigenvalue weighted by molar-refractivity contribution is -0.124. The van der Waals surface area contributed by atoms with E-state index in [-0.39, 0.29) is 24.1 Å². The summed E-state index contributed by atoms with van der Waals surface area (Å²) >= 11 is 0. The maximum absolute atomic E-state index is 11.9. The van der Waals surface area contributed by atoms with E-state index in [1.54, 1.807) is 18.2 Å². The van der Waals surface area contributed by atoms with Crippen LogP contribution >= 0.6 is 0 Å². The van der Waals surface area contributed by atoms with Crippen LogP contribution in [-0.4, -0.2) is 29.2 Å². The van der Waals surface area contributed by atoms with Crippen molar-refractivity contribution in [3.8, 4) is 11.5 Å². The first kappa shape index (κ1) is 13.9. The van der Waals surface area contributed by atoms with E-state index >= 15 is 0 Å². The SMILES string of the molecule is O=C(Cc1ccc(O)c(OCCCO)c1)C1CCC1. The average Bonchev–Trinajstić information content (AvgIpc) is 2.31. The fourth-order valence-electron chi connectivity index (χ4n) is 2.11. The van der Waals surface area contributed by atoms with E-state index < -0.39 is 0 Å². The van der Waals surface area contributed by atoms with Gasteiger partial charge in [0.2, 0.25) is 0 Å². The van der Waals surface area contributed by atoms with Gasteiger partial charge in [-0.05, 0) is 30.5 Å². The molecule has 0 heterocycles. The molecular formula is C15H20O4. The number of ether oxygens (including phenoxy) is 1. The minimum atomic E-state index is 0.0562. The van der Waals surface area contributed by atoms with Crippen LogP contribution in [0, 0.1) is 5.92 Å². The Morgan fingerprint density at radius 1 is 1.37 bits per heavy atom. The smallest absolute Gasteiger partial charge is 0.161 e. The molecule has 1 fully saturated rings. The molecule has 1 aromatic carbocycles. The molecule has 1 saturated carbocycles. The van der Waals surface area contributed by atoms with Crippen molar-refractivity contribution in [1.29, 1.82) is 0 Å². The second-order valence-corrected chi connectivity index (χ2v) is 5.00. The van der Waals surface area contributed by atoms with Crippen LogP contribution in [0.25, 0.3) is 0 Å². The number of hydrogen-bond acceptors (Lipinski definition) is 4. The van der Waals surface area contributed by atoms with Crippen molar-refractivity contribution in [3.05, 3.63) is 23.8 Å². The Morgan fingerprint density at radius 2 is 2.16 bits per heavy atom. The lowest BCUT2D eigenvalue weighted by Gasteiger charge is -2.23. The van der Waals surface area contributed by atoms with Gasteiger partial charge in [-0.2, -0.15) is 0 Å². The monoisotopic (exact) mass is 264 g/mol. The molecule has 2 rings (SSSR count). The Balaban J connectivity index is 1.96. The molecule has 0 aromatic heterocycles. The number of carbonyl (C=O) groups is 1. The number of aliphatic hydroxyl groups excluding tert-OH is 1. The van der Waals surface area contributed by atoms with Gasteiger partial charge in [-0.25, -0.2) is 0 Å². The average molecular weight is 264 g/mol. The van der Waals surface area contributed by atoms with E-state index in [0.717, 1.165) is 24.8 Å². The molecule has 0 amide bonds. The second-order valence-electron chi connectivity index (χ2n) is 5.00. The molecule has 0 bridgehead atoms. The van der Waals surface area contributed by atoms with Crippen LogP contribution in [0.5, 0.6) is 11.5 Å². The second kappa shape index (κ2) is 6.57. The number of phenolic OH excluding ortho intramolecular Hbond substituents is 1. The molecule has 0 unspecified atom stereocenters. The third-order valence-corrected chi connectivity index (χ3v) is 3.52. The number of hydrogen-bond donors (Lipinski definition) is 2. The first-order valence-electron chi connectivity index (χ1n) is 6.79. The molecule has 0 saturated heterocycles. The predicted molar refractivity (Wildman–Crippen MR) is 71.4 cm³/mol. The van der Waals surface area contributed by atoms with E-state index in [1.807, 2.05) is 0 Å². The molecule has 4 nitrogen and oxygen atoms in total. The minimum absolute atomic E-state index is 0.0562. The first-order valence-corrected chi connectivity index (χ1v) is 6.79. The number of rotatable bonds is 7. The number of benzene rings is 1. The molecule has 0 radical (unpaired) electrons. The fourth-order valence-corrected chi connectivity index (χ4v) is 2.11. The summed E-state index contributed by atoms with van der Waals surface area (Å²) in [4.78, 5) is 11.9. The molecule has 0 spiro atoms. The minimum Gasteiger partial charge on any atom is -0.504 e. The molecule has 0 atom stereocenters. The summed E-state index contributed by atoms with van der Waals surface area (Å²) in [5.41, 5.74) is 0.869. The van der Waals surface area contributed by atoms with E-state index in [0.29, 0.717) is 25.2 Å². The Kier molecular flexibility index (Phi) is 4.80. The quantitative estimate of drug-likeness (QED) is 0.740. The van der Waals surface area contributed by atoms with Crippen molar-refractivity contribution in [3.63, 3.8) is 0 Å². The Labute approximate surface area is 113 Å². The number of aliphatic hydroxyl groups is 1. The van der Waals surface area contributed by atoms with Gasteiger partial charge in [0, 0.05) is 25.4 Å². The molecule has 1 aliphatic rings. The van der Waals surface area contributed by atoms with Crippen LogP contribution in [-0.2, 0) is 11.2 Å². The van der Waals surface area contributed by atoms with Crippen LogP contribution in [0.1, 0.15) is 31.2 Å². The van der Waals surface area contributed by atoms with Gasteiger partial charge in [0.05, 0.1) is 6.61 Å². The van der Waals surface area contributed by atoms with Crippen LogP contribution < -0.4 is 4.74 Å². The summed E-state index contributed by atoms with van der Waals surface area (Å²) in [5.74, 6) is 0.955. The van der Waals surface area contributed by atoms with E-state index in [2.05, 4.69) is 0 Å². The summed E-state index contributed by atoms with van der Waals surface area (Å²) in [6.45, 7) is 0.407. The zero-order valence-corrected chi connectivity index (χ0v) is 11.0. The summed E-state index contributed by atoms with van der Waals surface area (Å²) in [5, 5.41) is 18.4. The highest BCUT2D eigenvalue weighted by atomic mass is 16.5. The third-order valence-electron chi connectivity index (χ3n) is 3.52. The van der Waals surface area contributed by atoms with Gasteiger partial charge in [0.1, 0.15) is 5.78 Å². The van der Waals surface area contributed by atoms with Gasteiger partial charge < -0.3 is 14.9 Å². The number of aromatic hydroxyl groups is 1. The molecular weight excluding hydrogens is 244 g/mol. The highest BCUT2D eigenvalue weighted by Crippen LogP contribution is 2.30. The fraction of sp³-hybridized carbons (Fsp3) is 0.533. The molecule has 1 aromatic rings. The van der Waals surface area contributed by atoms with Gasteiger partial charge in [0.25, 0.3) is 0 Å². The highest BCUT2D eigenvalue weighted by Gasteiger charge is 2.25. The summed E-state index contributed by atoms with van der Waals surface area (Å²) in [6, 6.07) is 5.02.